The standard InChI is InChI=1S/C21H24ClN5O2/c22-16-8-4-5-14(11-16)18(17-12-25-9-10-26-17)21(15-6-2-1-3-7-15)13-29-20(24)27(21)19(23)28/h1-8,11,17-18,24-26H,9-10,12-13H2,(H2,23,28). The Kier molecular flexibility index (Phi) is 5.45. The summed E-state index contributed by atoms with van der Waals surface area (Å²) in [6.45, 7) is 2.49. The van der Waals surface area contributed by atoms with Crippen LogP contribution in [0.25, 0.3) is 0 Å². The molecule has 2 aromatic rings. The van der Waals surface area contributed by atoms with Gasteiger partial charge >= 0.3 is 6.03 Å². The number of carbonyl (C=O) groups excluding carboxylic acids is 1. The molecule has 2 aromatic carbocycles. The summed E-state index contributed by atoms with van der Waals surface area (Å²) in [5, 5.41) is 15.9. The number of nitrogens with two attached hydrogens (primary N) is 1. The molecule has 2 aliphatic rings. The van der Waals surface area contributed by atoms with Gasteiger partial charge in [-0.15, -0.1) is 0 Å². The molecule has 2 heterocycles. The van der Waals surface area contributed by atoms with Crippen LogP contribution in [0.1, 0.15) is 17.0 Å². The number of hydrogen-bond donors (Lipinski definition) is 4. The average molecular weight is 414 g/mol. The summed E-state index contributed by atoms with van der Waals surface area (Å²) < 4.78 is 5.65. The highest BCUT2D eigenvalue weighted by Gasteiger charge is 2.57. The highest BCUT2D eigenvalue weighted by molar-refractivity contribution is 6.30. The van der Waals surface area contributed by atoms with E-state index in [0.29, 0.717) is 11.6 Å². The van der Waals surface area contributed by atoms with Gasteiger partial charge in [0.15, 0.2) is 0 Å². The van der Waals surface area contributed by atoms with Crippen LogP contribution in [0.15, 0.2) is 54.6 Å². The van der Waals surface area contributed by atoms with Crippen molar-refractivity contribution in [1.29, 1.82) is 5.41 Å². The van der Waals surface area contributed by atoms with E-state index in [9.17, 15) is 4.79 Å². The number of ether oxygens (including phenoxy) is 1. The summed E-state index contributed by atoms with van der Waals surface area (Å²) in [6.07, 6.45) is 0. The van der Waals surface area contributed by atoms with Crippen molar-refractivity contribution >= 4 is 23.7 Å². The molecule has 8 heteroatoms. The van der Waals surface area contributed by atoms with Gasteiger partial charge in [0.1, 0.15) is 12.1 Å². The van der Waals surface area contributed by atoms with Crippen LogP contribution >= 0.6 is 11.6 Å². The number of primary amides is 1. The molecule has 3 atom stereocenters. The zero-order chi connectivity index (χ0) is 20.4. The van der Waals surface area contributed by atoms with Crippen molar-refractivity contribution in [2.75, 3.05) is 26.2 Å². The van der Waals surface area contributed by atoms with Gasteiger partial charge in [0, 0.05) is 36.6 Å². The largest absolute Gasteiger partial charge is 0.462 e. The maximum atomic E-state index is 12.6. The molecule has 0 bridgehead atoms. The molecule has 2 aliphatic heterocycles. The molecule has 29 heavy (non-hydrogen) atoms. The Hall–Kier alpha value is -2.61. The predicted molar refractivity (Wildman–Crippen MR) is 112 cm³/mol. The molecule has 0 aliphatic carbocycles. The number of piperazine rings is 1. The third kappa shape index (κ3) is 3.46. The number of amides is 2. The molecule has 0 radical (unpaired) electrons. The molecule has 3 unspecified atom stereocenters. The first-order valence-electron chi connectivity index (χ1n) is 9.60. The number of nitrogens with zero attached hydrogens (tertiary/aromatic N) is 1. The van der Waals surface area contributed by atoms with Crippen LogP contribution in [0.2, 0.25) is 5.02 Å². The fraction of sp³-hybridized carbons (Fsp3) is 0.333. The topological polar surface area (TPSA) is 103 Å². The van der Waals surface area contributed by atoms with Gasteiger partial charge in [0.25, 0.3) is 6.02 Å². The summed E-state index contributed by atoms with van der Waals surface area (Å²) in [6, 6.07) is 16.3. The number of halogens is 1. The van der Waals surface area contributed by atoms with Crippen LogP contribution in [-0.4, -0.2) is 49.2 Å². The van der Waals surface area contributed by atoms with Crippen molar-refractivity contribution in [3.8, 4) is 0 Å². The molecule has 0 aromatic heterocycles. The minimum Gasteiger partial charge on any atom is -0.462 e. The quantitative estimate of drug-likeness (QED) is 0.617. The minimum atomic E-state index is -0.981. The van der Waals surface area contributed by atoms with Crippen LogP contribution in [0.4, 0.5) is 4.79 Å². The molecule has 5 N–H and O–H groups in total. The van der Waals surface area contributed by atoms with E-state index in [1.54, 1.807) is 0 Å². The number of amidine groups is 1. The first-order chi connectivity index (χ1) is 14.0. The van der Waals surface area contributed by atoms with Gasteiger partial charge in [-0.3, -0.25) is 5.41 Å². The maximum Gasteiger partial charge on any atom is 0.323 e. The van der Waals surface area contributed by atoms with Crippen molar-refractivity contribution in [2.45, 2.75) is 17.5 Å². The first-order valence-corrected chi connectivity index (χ1v) is 9.98. The van der Waals surface area contributed by atoms with E-state index >= 15 is 0 Å². The Morgan fingerprint density at radius 2 is 2.03 bits per heavy atom. The van der Waals surface area contributed by atoms with Crippen LogP contribution in [0, 0.1) is 5.41 Å². The van der Waals surface area contributed by atoms with Crippen LogP contribution in [-0.2, 0) is 10.3 Å². The Labute approximate surface area is 174 Å². The summed E-state index contributed by atoms with van der Waals surface area (Å²) in [5.41, 5.74) is 6.61. The van der Waals surface area contributed by atoms with E-state index in [4.69, 9.17) is 27.5 Å². The van der Waals surface area contributed by atoms with Gasteiger partial charge < -0.3 is 21.1 Å². The van der Waals surface area contributed by atoms with E-state index < -0.39 is 11.6 Å². The van der Waals surface area contributed by atoms with Crippen molar-refractivity contribution in [2.24, 2.45) is 5.73 Å². The normalized spacial score (nSPS) is 25.5. The van der Waals surface area contributed by atoms with E-state index in [1.807, 2.05) is 54.6 Å². The first kappa shape index (κ1) is 19.7. The second-order valence-electron chi connectivity index (χ2n) is 7.36. The van der Waals surface area contributed by atoms with E-state index in [2.05, 4.69) is 10.6 Å². The number of urea groups is 1. The van der Waals surface area contributed by atoms with Crippen molar-refractivity contribution in [1.82, 2.24) is 15.5 Å². The van der Waals surface area contributed by atoms with Crippen LogP contribution in [0.3, 0.4) is 0 Å². The lowest BCUT2D eigenvalue weighted by atomic mass is 9.70. The smallest absolute Gasteiger partial charge is 0.323 e. The molecular weight excluding hydrogens is 390 g/mol. The number of hydrogen-bond acceptors (Lipinski definition) is 5. The van der Waals surface area contributed by atoms with Gasteiger partial charge in [-0.1, -0.05) is 54.1 Å². The molecule has 4 rings (SSSR count). The molecule has 2 saturated heterocycles. The second kappa shape index (κ2) is 8.02. The maximum absolute atomic E-state index is 12.6. The Balaban J connectivity index is 1.96. The fourth-order valence-corrected chi connectivity index (χ4v) is 4.78. The third-order valence-electron chi connectivity index (χ3n) is 5.72. The zero-order valence-corrected chi connectivity index (χ0v) is 16.7. The van der Waals surface area contributed by atoms with Gasteiger partial charge in [0.2, 0.25) is 0 Å². The Morgan fingerprint density at radius 3 is 2.69 bits per heavy atom. The Bertz CT molecular complexity index is 903. The second-order valence-corrected chi connectivity index (χ2v) is 7.79. The van der Waals surface area contributed by atoms with Gasteiger partial charge in [0.05, 0.1) is 0 Å². The van der Waals surface area contributed by atoms with Gasteiger partial charge in [-0.05, 0) is 23.3 Å². The van der Waals surface area contributed by atoms with Gasteiger partial charge in [-0.25, -0.2) is 9.69 Å². The molecule has 0 spiro atoms. The number of carbonyl (C=O) groups is 1. The predicted octanol–water partition coefficient (Wildman–Crippen LogP) is 2.23. The van der Waals surface area contributed by atoms with Crippen LogP contribution in [0.5, 0.6) is 0 Å². The highest BCUT2D eigenvalue weighted by Crippen LogP contribution is 2.48. The number of rotatable bonds is 4. The van der Waals surface area contributed by atoms with Crippen molar-refractivity contribution in [3.63, 3.8) is 0 Å². The number of benzene rings is 2. The van der Waals surface area contributed by atoms with E-state index in [1.165, 1.54) is 4.90 Å². The molecule has 7 nitrogen and oxygen atoms in total. The van der Waals surface area contributed by atoms with Crippen molar-refractivity contribution < 1.29 is 9.53 Å². The number of nitrogens with one attached hydrogen (secondary N) is 3. The van der Waals surface area contributed by atoms with Crippen molar-refractivity contribution in [3.05, 3.63) is 70.7 Å². The lowest BCUT2D eigenvalue weighted by molar-refractivity contribution is 0.127. The summed E-state index contributed by atoms with van der Waals surface area (Å²) in [7, 11) is 0. The summed E-state index contributed by atoms with van der Waals surface area (Å²) in [5.74, 6) is -0.258. The third-order valence-corrected chi connectivity index (χ3v) is 5.96. The highest BCUT2D eigenvalue weighted by atomic mass is 35.5. The SMILES string of the molecule is N=C1OCC(c2ccccc2)(C(c2cccc(Cl)c2)C2CNCCN2)N1C(N)=O. The lowest BCUT2D eigenvalue weighted by Gasteiger charge is -2.46. The molecule has 0 saturated carbocycles. The monoisotopic (exact) mass is 413 g/mol. The molecule has 2 fully saturated rings. The zero-order valence-electron chi connectivity index (χ0n) is 15.9. The van der Waals surface area contributed by atoms with E-state index in [0.717, 1.165) is 24.2 Å². The minimum absolute atomic E-state index is 0.0289. The average Bonchev–Trinajstić information content (AvgIpc) is 3.08. The molecular formula is C21H24ClN5O2. The molecule has 152 valence electrons. The summed E-state index contributed by atoms with van der Waals surface area (Å²) in [4.78, 5) is 13.8. The summed E-state index contributed by atoms with van der Waals surface area (Å²) >= 11 is 6.34. The molecule has 2 amide bonds. The Morgan fingerprint density at radius 1 is 1.24 bits per heavy atom. The van der Waals surface area contributed by atoms with Crippen LogP contribution < -0.4 is 16.4 Å². The lowest BCUT2D eigenvalue weighted by Crippen LogP contribution is -2.61. The van der Waals surface area contributed by atoms with E-state index in [-0.39, 0.29) is 24.6 Å². The fourth-order valence-electron chi connectivity index (χ4n) is 4.59. The van der Waals surface area contributed by atoms with Gasteiger partial charge in [-0.2, -0.15) is 0 Å².